The lowest BCUT2D eigenvalue weighted by atomic mass is 10.1. The third kappa shape index (κ3) is 2.47. The van der Waals surface area contributed by atoms with E-state index in [-0.39, 0.29) is 18.2 Å². The molecule has 0 unspecified atom stereocenters. The molecule has 2 nitrogen and oxygen atoms in total. The van der Waals surface area contributed by atoms with E-state index in [0.717, 1.165) is 0 Å². The van der Waals surface area contributed by atoms with E-state index in [1.807, 2.05) is 0 Å². The molecule has 0 fully saturated rings. The van der Waals surface area contributed by atoms with Crippen molar-refractivity contribution in [2.24, 2.45) is 5.73 Å². The first-order valence-electron chi connectivity index (χ1n) is 3.91. The molecular weight excluding hydrogens is 205 g/mol. The fourth-order valence-electron chi connectivity index (χ4n) is 1.07. The van der Waals surface area contributed by atoms with Gasteiger partial charge in [0.05, 0.1) is 13.2 Å². The van der Waals surface area contributed by atoms with Crippen LogP contribution >= 0.6 is 12.4 Å². The van der Waals surface area contributed by atoms with E-state index in [1.165, 1.54) is 13.2 Å². The highest BCUT2D eigenvalue weighted by atomic mass is 35.5. The second-order valence-corrected chi connectivity index (χ2v) is 2.62. The Morgan fingerprint density at radius 1 is 1.57 bits per heavy atom. The zero-order valence-electron chi connectivity index (χ0n) is 7.87. The lowest BCUT2D eigenvalue weighted by Crippen LogP contribution is -2.09. The third-order valence-electron chi connectivity index (χ3n) is 1.83. The minimum Gasteiger partial charge on any atom is -0.494 e. The predicted molar refractivity (Wildman–Crippen MR) is 57.3 cm³/mol. The molecule has 0 aliphatic rings. The predicted octanol–water partition coefficient (Wildman–Crippen LogP) is 2.44. The number of rotatable bonds is 3. The topological polar surface area (TPSA) is 35.2 Å². The van der Waals surface area contributed by atoms with Crippen molar-refractivity contribution in [3.63, 3.8) is 0 Å². The van der Waals surface area contributed by atoms with Crippen LogP contribution < -0.4 is 10.5 Å². The number of hydrogen-bond acceptors (Lipinski definition) is 2. The maximum atomic E-state index is 13.5. The molecule has 2 N–H and O–H groups in total. The Bertz CT molecular complexity index is 317. The molecule has 0 heterocycles. The quantitative estimate of drug-likeness (QED) is 0.790. The molecule has 4 heteroatoms. The van der Waals surface area contributed by atoms with Crippen LogP contribution in [0.15, 0.2) is 30.9 Å². The van der Waals surface area contributed by atoms with Crippen molar-refractivity contribution < 1.29 is 9.13 Å². The zero-order chi connectivity index (χ0) is 9.84. The molecule has 0 amide bonds. The van der Waals surface area contributed by atoms with Crippen molar-refractivity contribution in [1.29, 1.82) is 0 Å². The number of halogens is 2. The number of methoxy groups -OCH3 is 1. The van der Waals surface area contributed by atoms with Crippen LogP contribution in [0.4, 0.5) is 4.39 Å². The minimum absolute atomic E-state index is 0. The largest absolute Gasteiger partial charge is 0.494 e. The first kappa shape index (κ1) is 12.9. The SMILES string of the molecule is C=C[C@H](N)c1cccc(OC)c1F.Cl. The lowest BCUT2D eigenvalue weighted by molar-refractivity contribution is 0.383. The number of nitrogens with two attached hydrogens (primary N) is 1. The minimum atomic E-state index is -0.491. The first-order valence-corrected chi connectivity index (χ1v) is 3.91. The summed E-state index contributed by atoms with van der Waals surface area (Å²) in [5.74, 6) is -0.216. The summed E-state index contributed by atoms with van der Waals surface area (Å²) in [6.45, 7) is 3.50. The second kappa shape index (κ2) is 5.62. The van der Waals surface area contributed by atoms with Crippen molar-refractivity contribution in [3.8, 4) is 5.75 Å². The van der Waals surface area contributed by atoms with Gasteiger partial charge in [-0.05, 0) is 6.07 Å². The summed E-state index contributed by atoms with van der Waals surface area (Å²) < 4.78 is 18.3. The molecule has 0 aromatic heterocycles. The number of benzene rings is 1. The molecule has 14 heavy (non-hydrogen) atoms. The normalized spacial score (nSPS) is 11.4. The standard InChI is InChI=1S/C10H12FNO.ClH/c1-3-8(12)7-5-4-6-9(13-2)10(7)11;/h3-6,8H,1,12H2,2H3;1H/t8-;/m0./s1. The third-order valence-corrected chi connectivity index (χ3v) is 1.83. The van der Waals surface area contributed by atoms with E-state index in [4.69, 9.17) is 10.5 Å². The van der Waals surface area contributed by atoms with E-state index in [0.29, 0.717) is 5.56 Å². The Labute approximate surface area is 89.0 Å². The molecule has 0 saturated heterocycles. The fraction of sp³-hybridized carbons (Fsp3) is 0.200. The molecule has 0 aliphatic heterocycles. The van der Waals surface area contributed by atoms with Crippen molar-refractivity contribution in [2.45, 2.75) is 6.04 Å². The summed E-state index contributed by atoms with van der Waals surface area (Å²) in [5, 5.41) is 0. The van der Waals surface area contributed by atoms with Crippen LogP contribution in [0.25, 0.3) is 0 Å². The van der Waals surface area contributed by atoms with Crippen molar-refractivity contribution in [1.82, 2.24) is 0 Å². The van der Waals surface area contributed by atoms with Gasteiger partial charge >= 0.3 is 0 Å². The maximum Gasteiger partial charge on any atom is 0.170 e. The summed E-state index contributed by atoms with van der Waals surface area (Å²) in [4.78, 5) is 0. The van der Waals surface area contributed by atoms with Crippen molar-refractivity contribution >= 4 is 12.4 Å². The highest BCUT2D eigenvalue weighted by Crippen LogP contribution is 2.23. The van der Waals surface area contributed by atoms with Crippen LogP contribution in [0.3, 0.4) is 0 Å². The van der Waals surface area contributed by atoms with Crippen LogP contribution in [0.5, 0.6) is 5.75 Å². The smallest absolute Gasteiger partial charge is 0.170 e. The maximum absolute atomic E-state index is 13.5. The van der Waals surface area contributed by atoms with Gasteiger partial charge in [0.15, 0.2) is 11.6 Å². The summed E-state index contributed by atoms with van der Waals surface area (Å²) >= 11 is 0. The summed E-state index contributed by atoms with van der Waals surface area (Å²) in [6.07, 6.45) is 1.48. The Morgan fingerprint density at radius 3 is 2.71 bits per heavy atom. The van der Waals surface area contributed by atoms with E-state index >= 15 is 0 Å². The van der Waals surface area contributed by atoms with Crippen molar-refractivity contribution in [3.05, 3.63) is 42.2 Å². The highest BCUT2D eigenvalue weighted by Gasteiger charge is 2.11. The Morgan fingerprint density at radius 2 is 2.21 bits per heavy atom. The Hall–Kier alpha value is -1.06. The zero-order valence-corrected chi connectivity index (χ0v) is 8.68. The number of ether oxygens (including phenoxy) is 1. The van der Waals surface area contributed by atoms with Gasteiger partial charge in [-0.15, -0.1) is 19.0 Å². The van der Waals surface area contributed by atoms with Gasteiger partial charge in [0.2, 0.25) is 0 Å². The summed E-state index contributed by atoms with van der Waals surface area (Å²) in [7, 11) is 1.42. The Kier molecular flexibility index (Phi) is 5.20. The lowest BCUT2D eigenvalue weighted by Gasteiger charge is -2.10. The van der Waals surface area contributed by atoms with Crippen molar-refractivity contribution in [2.75, 3.05) is 7.11 Å². The molecule has 1 rings (SSSR count). The fourth-order valence-corrected chi connectivity index (χ4v) is 1.07. The van der Waals surface area contributed by atoms with Gasteiger partial charge in [0.25, 0.3) is 0 Å². The molecule has 1 aromatic rings. The van der Waals surface area contributed by atoms with Crippen LogP contribution in [0.2, 0.25) is 0 Å². The number of hydrogen-bond donors (Lipinski definition) is 1. The molecule has 1 aromatic carbocycles. The molecular formula is C10H13ClFNO. The monoisotopic (exact) mass is 217 g/mol. The van der Waals surface area contributed by atoms with Gasteiger partial charge in [0, 0.05) is 5.56 Å². The molecule has 0 aliphatic carbocycles. The molecule has 0 spiro atoms. The second-order valence-electron chi connectivity index (χ2n) is 2.62. The van der Waals surface area contributed by atoms with Gasteiger partial charge < -0.3 is 10.5 Å². The van der Waals surface area contributed by atoms with E-state index < -0.39 is 11.9 Å². The van der Waals surface area contributed by atoms with Gasteiger partial charge in [-0.3, -0.25) is 0 Å². The highest BCUT2D eigenvalue weighted by molar-refractivity contribution is 5.85. The Balaban J connectivity index is 0.00000169. The van der Waals surface area contributed by atoms with E-state index in [1.54, 1.807) is 18.2 Å². The van der Waals surface area contributed by atoms with E-state index in [2.05, 4.69) is 6.58 Å². The molecule has 0 saturated carbocycles. The average molecular weight is 218 g/mol. The molecule has 0 radical (unpaired) electrons. The summed E-state index contributed by atoms with van der Waals surface area (Å²) in [6, 6.07) is 4.37. The summed E-state index contributed by atoms with van der Waals surface area (Å²) in [5.41, 5.74) is 6.00. The van der Waals surface area contributed by atoms with Crippen LogP contribution in [-0.2, 0) is 0 Å². The van der Waals surface area contributed by atoms with Crippen LogP contribution in [0, 0.1) is 5.82 Å². The van der Waals surface area contributed by atoms with Gasteiger partial charge in [-0.1, -0.05) is 18.2 Å². The molecule has 1 atom stereocenters. The first-order chi connectivity index (χ1) is 6.20. The van der Waals surface area contributed by atoms with E-state index in [9.17, 15) is 4.39 Å². The van der Waals surface area contributed by atoms with Gasteiger partial charge in [0.1, 0.15) is 0 Å². The molecule has 78 valence electrons. The van der Waals surface area contributed by atoms with Gasteiger partial charge in [-0.2, -0.15) is 0 Å². The molecule has 0 bridgehead atoms. The van der Waals surface area contributed by atoms with Gasteiger partial charge in [-0.25, -0.2) is 4.39 Å². The van der Waals surface area contributed by atoms with Crippen LogP contribution in [-0.4, -0.2) is 7.11 Å². The average Bonchev–Trinajstić information content (AvgIpc) is 2.17. The van der Waals surface area contributed by atoms with Crippen LogP contribution in [0.1, 0.15) is 11.6 Å².